The molecule has 0 spiro atoms. The van der Waals surface area contributed by atoms with Crippen molar-refractivity contribution < 1.29 is 0 Å². The standard InChI is InChI=1S/C7H5BrN2/c8-6-3-1-5(2-4-6)7-9-10-7/h1-4,7H. The van der Waals surface area contributed by atoms with E-state index in [1.54, 1.807) is 0 Å². The molecule has 0 bridgehead atoms. The van der Waals surface area contributed by atoms with Crippen molar-refractivity contribution in [1.82, 2.24) is 0 Å². The highest BCUT2D eigenvalue weighted by Crippen LogP contribution is 2.30. The van der Waals surface area contributed by atoms with Crippen LogP contribution in [0.15, 0.2) is 39.0 Å². The Morgan fingerprint density at radius 2 is 1.70 bits per heavy atom. The molecular weight excluding hydrogens is 192 g/mol. The van der Waals surface area contributed by atoms with Gasteiger partial charge in [0.1, 0.15) is 0 Å². The van der Waals surface area contributed by atoms with Crippen LogP contribution < -0.4 is 0 Å². The van der Waals surface area contributed by atoms with Crippen LogP contribution in [-0.4, -0.2) is 0 Å². The van der Waals surface area contributed by atoms with Crippen LogP contribution in [-0.2, 0) is 0 Å². The van der Waals surface area contributed by atoms with Crippen molar-refractivity contribution >= 4 is 15.9 Å². The maximum atomic E-state index is 3.81. The van der Waals surface area contributed by atoms with Gasteiger partial charge in [0.05, 0.1) is 0 Å². The fourth-order valence-corrected chi connectivity index (χ4v) is 1.07. The Hall–Kier alpha value is -0.700. The van der Waals surface area contributed by atoms with Gasteiger partial charge in [0.25, 0.3) is 0 Å². The van der Waals surface area contributed by atoms with Crippen molar-refractivity contribution in [2.24, 2.45) is 10.2 Å². The molecule has 3 heteroatoms. The fourth-order valence-electron chi connectivity index (χ4n) is 0.802. The Balaban J connectivity index is 2.28. The van der Waals surface area contributed by atoms with Crippen molar-refractivity contribution in [2.75, 3.05) is 0 Å². The summed E-state index contributed by atoms with van der Waals surface area (Å²) < 4.78 is 1.09. The van der Waals surface area contributed by atoms with Gasteiger partial charge in [0.2, 0.25) is 6.17 Å². The Morgan fingerprint density at radius 3 is 2.20 bits per heavy atom. The number of nitrogens with zero attached hydrogens (tertiary/aromatic N) is 2. The van der Waals surface area contributed by atoms with Gasteiger partial charge in [-0.1, -0.05) is 28.1 Å². The van der Waals surface area contributed by atoms with E-state index in [-0.39, 0.29) is 6.17 Å². The van der Waals surface area contributed by atoms with Gasteiger partial charge in [-0.2, -0.15) is 10.2 Å². The van der Waals surface area contributed by atoms with Crippen LogP contribution in [0.3, 0.4) is 0 Å². The number of benzene rings is 1. The summed E-state index contributed by atoms with van der Waals surface area (Å²) in [6.45, 7) is 0. The lowest BCUT2D eigenvalue weighted by molar-refractivity contribution is 1.05. The summed E-state index contributed by atoms with van der Waals surface area (Å²) >= 11 is 3.35. The minimum Gasteiger partial charge on any atom is -0.157 e. The van der Waals surface area contributed by atoms with E-state index in [9.17, 15) is 0 Å². The van der Waals surface area contributed by atoms with E-state index in [2.05, 4.69) is 26.2 Å². The Labute approximate surface area is 67.1 Å². The van der Waals surface area contributed by atoms with Crippen LogP contribution >= 0.6 is 15.9 Å². The van der Waals surface area contributed by atoms with Crippen LogP contribution in [0.5, 0.6) is 0 Å². The Bertz CT molecular complexity index is 259. The van der Waals surface area contributed by atoms with Gasteiger partial charge in [-0.15, -0.1) is 0 Å². The third-order valence-electron chi connectivity index (χ3n) is 1.40. The van der Waals surface area contributed by atoms with Crippen LogP contribution in [0.25, 0.3) is 0 Å². The topological polar surface area (TPSA) is 24.7 Å². The lowest BCUT2D eigenvalue weighted by Crippen LogP contribution is -1.77. The van der Waals surface area contributed by atoms with Gasteiger partial charge in [-0.05, 0) is 12.1 Å². The summed E-state index contributed by atoms with van der Waals surface area (Å²) in [4.78, 5) is 0. The first kappa shape index (κ1) is 6.04. The average Bonchev–Trinajstić information content (AvgIpc) is 2.71. The van der Waals surface area contributed by atoms with Crippen molar-refractivity contribution in [2.45, 2.75) is 6.17 Å². The van der Waals surface area contributed by atoms with E-state index in [4.69, 9.17) is 0 Å². The molecule has 0 aromatic heterocycles. The first-order valence-electron chi connectivity index (χ1n) is 3.02. The first-order valence-corrected chi connectivity index (χ1v) is 3.81. The van der Waals surface area contributed by atoms with Gasteiger partial charge >= 0.3 is 0 Å². The van der Waals surface area contributed by atoms with E-state index >= 15 is 0 Å². The molecule has 50 valence electrons. The fraction of sp³-hybridized carbons (Fsp3) is 0.143. The highest BCUT2D eigenvalue weighted by Gasteiger charge is 2.17. The molecule has 0 saturated heterocycles. The normalized spacial score (nSPS) is 15.7. The first-order chi connectivity index (χ1) is 4.86. The smallest absolute Gasteiger partial charge is 0.157 e. The molecule has 0 fully saturated rings. The molecule has 0 saturated carbocycles. The highest BCUT2D eigenvalue weighted by molar-refractivity contribution is 9.10. The lowest BCUT2D eigenvalue weighted by atomic mass is 10.2. The van der Waals surface area contributed by atoms with E-state index in [0.717, 1.165) is 4.47 Å². The number of hydrogen-bond acceptors (Lipinski definition) is 2. The van der Waals surface area contributed by atoms with Crippen molar-refractivity contribution in [3.05, 3.63) is 34.3 Å². The van der Waals surface area contributed by atoms with Crippen molar-refractivity contribution in [3.8, 4) is 0 Å². The monoisotopic (exact) mass is 196 g/mol. The molecule has 0 aliphatic carbocycles. The van der Waals surface area contributed by atoms with Crippen LogP contribution in [0.4, 0.5) is 0 Å². The maximum Gasteiger partial charge on any atom is 0.206 e. The minimum absolute atomic E-state index is 0.132. The third-order valence-corrected chi connectivity index (χ3v) is 1.93. The zero-order valence-electron chi connectivity index (χ0n) is 5.16. The second-order valence-corrected chi connectivity index (χ2v) is 3.07. The molecule has 0 radical (unpaired) electrons. The number of rotatable bonds is 1. The summed E-state index contributed by atoms with van der Waals surface area (Å²) in [7, 11) is 0. The average molecular weight is 197 g/mol. The zero-order valence-corrected chi connectivity index (χ0v) is 6.75. The summed E-state index contributed by atoms with van der Waals surface area (Å²) in [5, 5.41) is 7.62. The van der Waals surface area contributed by atoms with E-state index in [0.29, 0.717) is 0 Å². The second-order valence-electron chi connectivity index (χ2n) is 2.16. The zero-order chi connectivity index (χ0) is 6.97. The molecule has 0 unspecified atom stereocenters. The summed E-state index contributed by atoms with van der Waals surface area (Å²) in [6, 6.07) is 8.04. The Morgan fingerprint density at radius 1 is 1.10 bits per heavy atom. The molecule has 1 aliphatic rings. The maximum absolute atomic E-state index is 3.81. The molecule has 0 N–H and O–H groups in total. The second kappa shape index (κ2) is 2.16. The molecular formula is C7H5BrN2. The molecule has 10 heavy (non-hydrogen) atoms. The van der Waals surface area contributed by atoms with Gasteiger partial charge in [-0.3, -0.25) is 0 Å². The molecule has 2 rings (SSSR count). The van der Waals surface area contributed by atoms with E-state index in [1.807, 2.05) is 24.3 Å². The van der Waals surface area contributed by atoms with Crippen LogP contribution in [0, 0.1) is 0 Å². The van der Waals surface area contributed by atoms with Gasteiger partial charge in [-0.25, -0.2) is 0 Å². The largest absolute Gasteiger partial charge is 0.206 e. The lowest BCUT2D eigenvalue weighted by Gasteiger charge is -1.92. The van der Waals surface area contributed by atoms with E-state index in [1.165, 1.54) is 5.56 Å². The molecule has 2 nitrogen and oxygen atoms in total. The van der Waals surface area contributed by atoms with Crippen LogP contribution in [0.1, 0.15) is 11.7 Å². The predicted octanol–water partition coefficient (Wildman–Crippen LogP) is 2.91. The molecule has 1 aromatic rings. The molecule has 0 atom stereocenters. The van der Waals surface area contributed by atoms with Gasteiger partial charge < -0.3 is 0 Å². The summed E-state index contributed by atoms with van der Waals surface area (Å²) in [5.74, 6) is 0. The molecule has 0 amide bonds. The number of halogens is 1. The summed E-state index contributed by atoms with van der Waals surface area (Å²) in [5.41, 5.74) is 1.17. The molecule has 1 aliphatic heterocycles. The van der Waals surface area contributed by atoms with Gasteiger partial charge in [0, 0.05) is 10.0 Å². The van der Waals surface area contributed by atoms with Crippen LogP contribution in [0.2, 0.25) is 0 Å². The van der Waals surface area contributed by atoms with Crippen molar-refractivity contribution in [3.63, 3.8) is 0 Å². The highest BCUT2D eigenvalue weighted by atomic mass is 79.9. The quantitative estimate of drug-likeness (QED) is 0.661. The predicted molar refractivity (Wildman–Crippen MR) is 41.7 cm³/mol. The third kappa shape index (κ3) is 1.09. The Kier molecular flexibility index (Phi) is 1.31. The minimum atomic E-state index is 0.132. The van der Waals surface area contributed by atoms with E-state index < -0.39 is 0 Å². The van der Waals surface area contributed by atoms with Gasteiger partial charge in [0.15, 0.2) is 0 Å². The molecule has 1 aromatic carbocycles. The summed E-state index contributed by atoms with van der Waals surface area (Å²) in [6.07, 6.45) is 0.132. The van der Waals surface area contributed by atoms with Crippen molar-refractivity contribution in [1.29, 1.82) is 0 Å². The number of hydrogen-bond donors (Lipinski definition) is 0. The SMILES string of the molecule is Brc1ccc(C2N=N2)cc1. The molecule has 1 heterocycles.